The van der Waals surface area contributed by atoms with Crippen molar-refractivity contribution in [2.45, 2.75) is 6.42 Å². The molecule has 1 aromatic carbocycles. The number of aromatic amines is 1. The van der Waals surface area contributed by atoms with Crippen LogP contribution in [0.3, 0.4) is 0 Å². The summed E-state index contributed by atoms with van der Waals surface area (Å²) in [5.41, 5.74) is 4.90. The van der Waals surface area contributed by atoms with Crippen molar-refractivity contribution in [3.8, 4) is 5.75 Å². The van der Waals surface area contributed by atoms with Crippen molar-refractivity contribution in [2.24, 2.45) is 7.05 Å². The molecule has 0 saturated carbocycles. The van der Waals surface area contributed by atoms with Gasteiger partial charge in [-0.2, -0.15) is 0 Å². The van der Waals surface area contributed by atoms with Gasteiger partial charge in [0.1, 0.15) is 17.3 Å². The van der Waals surface area contributed by atoms with Gasteiger partial charge in [-0.3, -0.25) is 14.3 Å². The van der Waals surface area contributed by atoms with E-state index >= 15 is 0 Å². The second-order valence-electron chi connectivity index (χ2n) is 4.52. The first-order chi connectivity index (χ1) is 10.1. The fourth-order valence-corrected chi connectivity index (χ4v) is 1.80. The lowest BCUT2D eigenvalue weighted by Crippen LogP contribution is -2.32. The highest BCUT2D eigenvalue weighted by Crippen LogP contribution is 2.10. The van der Waals surface area contributed by atoms with Crippen LogP contribution in [-0.2, 0) is 7.05 Å². The molecule has 0 radical (unpaired) electrons. The van der Waals surface area contributed by atoms with Gasteiger partial charge in [0.15, 0.2) is 0 Å². The highest BCUT2D eigenvalue weighted by molar-refractivity contribution is 5.60. The molecule has 7 heteroatoms. The molecule has 0 aliphatic carbocycles. The largest absolute Gasteiger partial charge is 0.494 e. The molecule has 7 nitrogen and oxygen atoms in total. The van der Waals surface area contributed by atoms with Crippen molar-refractivity contribution in [1.29, 1.82) is 0 Å². The molecular weight excluding hydrogens is 272 g/mol. The number of anilines is 2. The van der Waals surface area contributed by atoms with Crippen LogP contribution in [0, 0.1) is 0 Å². The average molecular weight is 290 g/mol. The molecule has 0 bridgehead atoms. The number of rotatable bonds is 6. The van der Waals surface area contributed by atoms with Gasteiger partial charge in [0, 0.05) is 13.6 Å². The van der Waals surface area contributed by atoms with E-state index in [0.717, 1.165) is 5.75 Å². The molecule has 0 atom stereocenters. The van der Waals surface area contributed by atoms with Crippen LogP contribution in [0.4, 0.5) is 11.5 Å². The minimum Gasteiger partial charge on any atom is -0.494 e. The number of nitrogen functional groups attached to an aromatic ring is 1. The number of H-pyrrole nitrogens is 1. The van der Waals surface area contributed by atoms with E-state index in [-0.39, 0.29) is 11.5 Å². The van der Waals surface area contributed by atoms with Crippen LogP contribution in [0.2, 0.25) is 0 Å². The number of ether oxygens (including phenoxy) is 1. The first-order valence-electron chi connectivity index (χ1n) is 6.60. The number of hydrogen-bond acceptors (Lipinski definition) is 5. The van der Waals surface area contributed by atoms with Crippen LogP contribution in [0.15, 0.2) is 39.9 Å². The number of benzene rings is 1. The summed E-state index contributed by atoms with van der Waals surface area (Å²) in [5, 5.41) is 2.93. The van der Waals surface area contributed by atoms with Crippen LogP contribution in [0.1, 0.15) is 6.42 Å². The summed E-state index contributed by atoms with van der Waals surface area (Å²) in [6.07, 6.45) is 0.691. The van der Waals surface area contributed by atoms with Crippen LogP contribution >= 0.6 is 0 Å². The van der Waals surface area contributed by atoms with Crippen molar-refractivity contribution in [1.82, 2.24) is 9.55 Å². The Morgan fingerprint density at radius 2 is 2.00 bits per heavy atom. The summed E-state index contributed by atoms with van der Waals surface area (Å²) in [4.78, 5) is 25.2. The zero-order valence-corrected chi connectivity index (χ0v) is 11.8. The first kappa shape index (κ1) is 14.7. The molecule has 112 valence electrons. The fourth-order valence-electron chi connectivity index (χ4n) is 1.80. The number of nitrogens with one attached hydrogen (secondary N) is 2. The molecule has 0 aliphatic heterocycles. The van der Waals surface area contributed by atoms with Crippen molar-refractivity contribution in [3.63, 3.8) is 0 Å². The van der Waals surface area contributed by atoms with Crippen molar-refractivity contribution >= 4 is 11.5 Å². The molecule has 0 saturated heterocycles. The molecule has 0 fully saturated rings. The second kappa shape index (κ2) is 6.65. The lowest BCUT2D eigenvalue weighted by molar-refractivity contribution is 0.315. The molecule has 0 aliphatic rings. The maximum Gasteiger partial charge on any atom is 0.329 e. The Balaban J connectivity index is 1.86. The predicted molar refractivity (Wildman–Crippen MR) is 81.8 cm³/mol. The highest BCUT2D eigenvalue weighted by atomic mass is 16.5. The van der Waals surface area contributed by atoms with E-state index in [1.54, 1.807) is 0 Å². The quantitative estimate of drug-likeness (QED) is 0.674. The number of hydrogen-bond donors (Lipinski definition) is 3. The topological polar surface area (TPSA) is 102 Å². The van der Waals surface area contributed by atoms with Gasteiger partial charge >= 0.3 is 5.69 Å². The summed E-state index contributed by atoms with van der Waals surface area (Å²) in [5.74, 6) is 0.921. The standard InChI is InChI=1S/C14H18N4O3/c1-18-12(15)11(13(19)17-14(18)20)16-8-5-9-21-10-6-3-2-4-7-10/h2-4,6-7,16H,5,8-9,15H2,1H3,(H,17,19,20). The fraction of sp³-hybridized carbons (Fsp3) is 0.286. The molecule has 0 unspecified atom stereocenters. The van der Waals surface area contributed by atoms with Crippen molar-refractivity contribution in [2.75, 3.05) is 24.2 Å². The van der Waals surface area contributed by atoms with E-state index in [0.29, 0.717) is 19.6 Å². The Morgan fingerprint density at radius 3 is 2.71 bits per heavy atom. The van der Waals surface area contributed by atoms with Crippen molar-refractivity contribution in [3.05, 3.63) is 51.2 Å². The lowest BCUT2D eigenvalue weighted by Gasteiger charge is -2.11. The van der Waals surface area contributed by atoms with E-state index in [1.807, 2.05) is 30.3 Å². The molecule has 1 aromatic heterocycles. The Kier molecular flexibility index (Phi) is 4.65. The molecule has 0 amide bonds. The maximum atomic E-state index is 11.7. The monoisotopic (exact) mass is 290 g/mol. The van der Waals surface area contributed by atoms with Gasteiger partial charge in [-0.15, -0.1) is 0 Å². The third kappa shape index (κ3) is 3.65. The van der Waals surface area contributed by atoms with Gasteiger partial charge < -0.3 is 15.8 Å². The van der Waals surface area contributed by atoms with Crippen LogP contribution < -0.4 is 27.0 Å². The zero-order valence-electron chi connectivity index (χ0n) is 11.8. The van der Waals surface area contributed by atoms with Crippen LogP contribution in [0.5, 0.6) is 5.75 Å². The zero-order chi connectivity index (χ0) is 15.2. The predicted octanol–water partition coefficient (Wildman–Crippen LogP) is 0.537. The molecule has 0 spiro atoms. The summed E-state index contributed by atoms with van der Waals surface area (Å²) in [6, 6.07) is 9.48. The van der Waals surface area contributed by atoms with E-state index < -0.39 is 11.2 Å². The van der Waals surface area contributed by atoms with Crippen LogP contribution in [0.25, 0.3) is 0 Å². The number of nitrogens with zero attached hydrogens (tertiary/aromatic N) is 1. The highest BCUT2D eigenvalue weighted by Gasteiger charge is 2.08. The van der Waals surface area contributed by atoms with Gasteiger partial charge in [-0.25, -0.2) is 4.79 Å². The molecule has 21 heavy (non-hydrogen) atoms. The van der Waals surface area contributed by atoms with Gasteiger partial charge in [-0.1, -0.05) is 18.2 Å². The molecule has 2 rings (SSSR count). The van der Waals surface area contributed by atoms with Gasteiger partial charge in [0.25, 0.3) is 5.56 Å². The molecule has 1 heterocycles. The molecule has 4 N–H and O–H groups in total. The summed E-state index contributed by atoms with van der Waals surface area (Å²) in [6.45, 7) is 1.03. The van der Waals surface area contributed by atoms with Crippen molar-refractivity contribution < 1.29 is 4.74 Å². The van der Waals surface area contributed by atoms with Crippen LogP contribution in [-0.4, -0.2) is 22.7 Å². The minimum atomic E-state index is -0.532. The van der Waals surface area contributed by atoms with Gasteiger partial charge in [-0.05, 0) is 18.6 Å². The Morgan fingerprint density at radius 1 is 1.29 bits per heavy atom. The number of aromatic nitrogens is 2. The van der Waals surface area contributed by atoms with Gasteiger partial charge in [0.05, 0.1) is 6.61 Å². The Hall–Kier alpha value is -2.70. The summed E-state index contributed by atoms with van der Waals surface area (Å²) >= 11 is 0. The lowest BCUT2D eigenvalue weighted by atomic mass is 10.3. The Labute approximate surface area is 121 Å². The number of para-hydroxylation sites is 1. The van der Waals surface area contributed by atoms with E-state index in [4.69, 9.17) is 10.5 Å². The minimum absolute atomic E-state index is 0.118. The smallest absolute Gasteiger partial charge is 0.329 e. The average Bonchev–Trinajstić information content (AvgIpc) is 2.49. The van der Waals surface area contributed by atoms with E-state index in [1.165, 1.54) is 11.6 Å². The third-order valence-electron chi connectivity index (χ3n) is 3.00. The Bertz CT molecular complexity index is 706. The van der Waals surface area contributed by atoms with E-state index in [2.05, 4.69) is 10.3 Å². The maximum absolute atomic E-state index is 11.7. The third-order valence-corrected chi connectivity index (χ3v) is 3.00. The SMILES string of the molecule is Cn1c(N)c(NCCCOc2ccccc2)c(=O)[nH]c1=O. The normalized spacial score (nSPS) is 10.3. The first-order valence-corrected chi connectivity index (χ1v) is 6.60. The molecular formula is C14H18N4O3. The number of nitrogens with two attached hydrogens (primary N) is 1. The van der Waals surface area contributed by atoms with Gasteiger partial charge in [0.2, 0.25) is 0 Å². The molecule has 2 aromatic rings. The summed E-state index contributed by atoms with van der Waals surface area (Å²) < 4.78 is 6.72. The van der Waals surface area contributed by atoms with E-state index in [9.17, 15) is 9.59 Å². The second-order valence-corrected chi connectivity index (χ2v) is 4.52. The summed E-state index contributed by atoms with van der Waals surface area (Å²) in [7, 11) is 1.50.